The first-order chi connectivity index (χ1) is 15.3. The number of carbonyl (C=O) groups excluding carboxylic acids is 1. The van der Waals surface area contributed by atoms with Crippen molar-refractivity contribution < 1.29 is 27.8 Å². The molecule has 1 aliphatic heterocycles. The number of halogens is 3. The predicted molar refractivity (Wildman–Crippen MR) is 118 cm³/mol. The van der Waals surface area contributed by atoms with Crippen molar-refractivity contribution in [2.75, 3.05) is 18.4 Å². The second-order valence-corrected chi connectivity index (χ2v) is 9.29. The maximum atomic E-state index is 12.9. The lowest BCUT2D eigenvalue weighted by Gasteiger charge is -2.34. The number of ether oxygens (including phenoxy) is 1. The van der Waals surface area contributed by atoms with Crippen LogP contribution in [0.2, 0.25) is 0 Å². The van der Waals surface area contributed by atoms with Gasteiger partial charge in [-0.05, 0) is 76.8 Å². The van der Waals surface area contributed by atoms with E-state index in [1.165, 1.54) is 6.07 Å². The van der Waals surface area contributed by atoms with Gasteiger partial charge in [0.15, 0.2) is 5.82 Å². The Labute approximate surface area is 191 Å². The minimum Gasteiger partial charge on any atom is -0.507 e. The summed E-state index contributed by atoms with van der Waals surface area (Å²) in [6.45, 7) is 10.1. The molecule has 1 fully saturated rings. The zero-order valence-corrected chi connectivity index (χ0v) is 19.4. The summed E-state index contributed by atoms with van der Waals surface area (Å²) in [5.74, 6) is 0.0151. The monoisotopic (exact) mass is 466 g/mol. The molecule has 0 spiro atoms. The van der Waals surface area contributed by atoms with E-state index < -0.39 is 23.1 Å². The molecule has 2 aromatic rings. The van der Waals surface area contributed by atoms with Gasteiger partial charge in [0, 0.05) is 24.7 Å². The Balaban J connectivity index is 1.78. The molecule has 3 rings (SSSR count). The van der Waals surface area contributed by atoms with E-state index in [-0.39, 0.29) is 17.7 Å². The number of phenols is 1. The number of likely N-dealkylation sites (tertiary alicyclic amines) is 1. The number of carbonyl (C=O) groups is 1. The second-order valence-electron chi connectivity index (χ2n) is 9.29. The Morgan fingerprint density at radius 1 is 1.18 bits per heavy atom. The molecule has 10 heteroatoms. The molecule has 0 radical (unpaired) electrons. The van der Waals surface area contributed by atoms with Crippen molar-refractivity contribution in [3.8, 4) is 17.0 Å². The van der Waals surface area contributed by atoms with Crippen LogP contribution >= 0.6 is 0 Å². The lowest BCUT2D eigenvalue weighted by atomic mass is 10.0. The summed E-state index contributed by atoms with van der Waals surface area (Å²) in [6, 6.07) is 2.74. The van der Waals surface area contributed by atoms with E-state index in [1.54, 1.807) is 11.8 Å². The van der Waals surface area contributed by atoms with Gasteiger partial charge in [0.1, 0.15) is 11.4 Å². The summed E-state index contributed by atoms with van der Waals surface area (Å²) >= 11 is 0. The van der Waals surface area contributed by atoms with Crippen molar-refractivity contribution in [1.82, 2.24) is 15.1 Å². The maximum Gasteiger partial charge on any atom is 0.416 e. The number of hydrogen-bond acceptors (Lipinski definition) is 6. The third kappa shape index (κ3) is 5.85. The molecule has 0 unspecified atom stereocenters. The fourth-order valence-electron chi connectivity index (χ4n) is 3.69. The van der Waals surface area contributed by atoms with Gasteiger partial charge in [-0.1, -0.05) is 0 Å². The number of rotatable bonds is 3. The summed E-state index contributed by atoms with van der Waals surface area (Å²) in [5.41, 5.74) is 0.419. The largest absolute Gasteiger partial charge is 0.507 e. The van der Waals surface area contributed by atoms with Crippen molar-refractivity contribution >= 4 is 11.9 Å². The molecule has 7 nitrogen and oxygen atoms in total. The van der Waals surface area contributed by atoms with Gasteiger partial charge in [-0.2, -0.15) is 13.2 Å². The standard InChI is InChI=1S/C23H29F3N4O3/c1-13-14(2)20(27-16-7-6-10-30(12-16)21(32)33-22(3,4)5)29-28-19(13)17-9-8-15(11-18(17)31)23(24,25)26/h8-9,11,16,31H,6-7,10,12H2,1-5H3,(H,27,29)/t16-/m1/s1. The average molecular weight is 467 g/mol. The Bertz CT molecular complexity index is 1030. The number of aromatic hydroxyl groups is 1. The van der Waals surface area contributed by atoms with E-state index in [9.17, 15) is 23.1 Å². The average Bonchev–Trinajstić information content (AvgIpc) is 2.70. The van der Waals surface area contributed by atoms with Crippen LogP contribution in [0, 0.1) is 13.8 Å². The van der Waals surface area contributed by atoms with Gasteiger partial charge in [0.2, 0.25) is 0 Å². The molecule has 1 atom stereocenters. The number of alkyl halides is 3. The highest BCUT2D eigenvalue weighted by Gasteiger charge is 2.32. The number of nitrogens with one attached hydrogen (secondary N) is 1. The van der Waals surface area contributed by atoms with Gasteiger partial charge in [0.25, 0.3) is 0 Å². The molecule has 180 valence electrons. The van der Waals surface area contributed by atoms with Crippen LogP contribution in [0.15, 0.2) is 18.2 Å². The zero-order valence-electron chi connectivity index (χ0n) is 19.4. The number of piperidine rings is 1. The fourth-order valence-corrected chi connectivity index (χ4v) is 3.69. The second kappa shape index (κ2) is 9.07. The number of hydrogen-bond donors (Lipinski definition) is 2. The van der Waals surface area contributed by atoms with Crippen LogP contribution in [0.3, 0.4) is 0 Å². The molecule has 1 aliphatic rings. The SMILES string of the molecule is Cc1c(N[C@@H]2CCCN(C(=O)OC(C)(C)C)C2)nnc(-c2ccc(C(F)(F)F)cc2O)c1C. The molecule has 0 saturated carbocycles. The van der Waals surface area contributed by atoms with E-state index in [1.807, 2.05) is 27.7 Å². The molecule has 1 saturated heterocycles. The third-order valence-electron chi connectivity index (χ3n) is 5.52. The molecule has 2 heterocycles. The molecule has 2 N–H and O–H groups in total. The molecular formula is C23H29F3N4O3. The summed E-state index contributed by atoms with van der Waals surface area (Å²) in [4.78, 5) is 14.1. The van der Waals surface area contributed by atoms with Crippen molar-refractivity contribution in [1.29, 1.82) is 0 Å². The van der Waals surface area contributed by atoms with Crippen LogP contribution in [-0.4, -0.2) is 51.0 Å². The van der Waals surface area contributed by atoms with E-state index in [0.717, 1.165) is 24.5 Å². The first-order valence-corrected chi connectivity index (χ1v) is 10.7. The highest BCUT2D eigenvalue weighted by Crippen LogP contribution is 2.37. The van der Waals surface area contributed by atoms with Crippen molar-refractivity contribution in [3.05, 3.63) is 34.9 Å². The van der Waals surface area contributed by atoms with Crippen LogP contribution in [0.25, 0.3) is 11.3 Å². The minimum absolute atomic E-state index is 0.0519. The number of aromatic nitrogens is 2. The molecule has 33 heavy (non-hydrogen) atoms. The van der Waals surface area contributed by atoms with E-state index in [0.29, 0.717) is 36.2 Å². The third-order valence-corrected chi connectivity index (χ3v) is 5.52. The minimum atomic E-state index is -4.55. The van der Waals surface area contributed by atoms with Gasteiger partial charge in [-0.25, -0.2) is 4.79 Å². The first-order valence-electron chi connectivity index (χ1n) is 10.7. The Hall–Kier alpha value is -3.04. The summed E-state index contributed by atoms with van der Waals surface area (Å²) < 4.78 is 44.2. The first kappa shape index (κ1) is 24.6. The van der Waals surface area contributed by atoms with Crippen LogP contribution < -0.4 is 5.32 Å². The zero-order chi connectivity index (χ0) is 24.6. The topological polar surface area (TPSA) is 87.6 Å². The van der Waals surface area contributed by atoms with E-state index in [4.69, 9.17) is 4.74 Å². The van der Waals surface area contributed by atoms with Crippen LogP contribution in [-0.2, 0) is 10.9 Å². The Kier molecular flexibility index (Phi) is 6.76. The van der Waals surface area contributed by atoms with Gasteiger partial charge in [0.05, 0.1) is 11.3 Å². The number of benzene rings is 1. The van der Waals surface area contributed by atoms with Crippen molar-refractivity contribution in [3.63, 3.8) is 0 Å². The van der Waals surface area contributed by atoms with Crippen LogP contribution in [0.5, 0.6) is 5.75 Å². The molecule has 1 aromatic carbocycles. The quantitative estimate of drug-likeness (QED) is 0.639. The molecular weight excluding hydrogens is 437 g/mol. The molecule has 1 aromatic heterocycles. The summed E-state index contributed by atoms with van der Waals surface area (Å²) in [7, 11) is 0. The lowest BCUT2D eigenvalue weighted by molar-refractivity contribution is -0.137. The van der Waals surface area contributed by atoms with Crippen molar-refractivity contribution in [2.24, 2.45) is 0 Å². The Morgan fingerprint density at radius 3 is 2.48 bits per heavy atom. The van der Waals surface area contributed by atoms with Gasteiger partial charge >= 0.3 is 12.3 Å². The molecule has 0 aliphatic carbocycles. The van der Waals surface area contributed by atoms with Crippen molar-refractivity contribution in [2.45, 2.75) is 65.3 Å². The summed E-state index contributed by atoms with van der Waals surface area (Å²) in [5, 5.41) is 21.9. The van der Waals surface area contributed by atoms with E-state index >= 15 is 0 Å². The number of anilines is 1. The number of amides is 1. The lowest BCUT2D eigenvalue weighted by Crippen LogP contribution is -2.47. The van der Waals surface area contributed by atoms with Gasteiger partial charge < -0.3 is 20.1 Å². The maximum absolute atomic E-state index is 12.9. The van der Waals surface area contributed by atoms with Crippen LogP contribution in [0.4, 0.5) is 23.8 Å². The highest BCUT2D eigenvalue weighted by molar-refractivity contribution is 5.72. The molecule has 0 bridgehead atoms. The Morgan fingerprint density at radius 2 is 1.88 bits per heavy atom. The molecule has 1 amide bonds. The smallest absolute Gasteiger partial charge is 0.416 e. The van der Waals surface area contributed by atoms with Gasteiger partial charge in [-0.3, -0.25) is 0 Å². The highest BCUT2D eigenvalue weighted by atomic mass is 19.4. The number of nitrogens with zero attached hydrogens (tertiary/aromatic N) is 3. The van der Waals surface area contributed by atoms with E-state index in [2.05, 4.69) is 15.5 Å². The normalized spacial score (nSPS) is 17.1. The van der Waals surface area contributed by atoms with Gasteiger partial charge in [-0.15, -0.1) is 10.2 Å². The predicted octanol–water partition coefficient (Wildman–Crippen LogP) is 5.30. The summed E-state index contributed by atoms with van der Waals surface area (Å²) in [6.07, 6.45) is -3.27. The fraction of sp³-hybridized carbons (Fsp3) is 0.522. The van der Waals surface area contributed by atoms with Crippen LogP contribution in [0.1, 0.15) is 50.3 Å². The number of phenolic OH excluding ortho intramolecular Hbond substituents is 1.